The van der Waals surface area contributed by atoms with Gasteiger partial charge in [-0.1, -0.05) is 6.42 Å². The molecule has 0 aromatic rings. The van der Waals surface area contributed by atoms with Crippen LogP contribution in [-0.2, 0) is 0 Å². The Hall–Kier alpha value is -0.730. The number of nitrogens with zero attached hydrogens (tertiary/aromatic N) is 2. The molecule has 0 saturated carbocycles. The number of halogens is 1. The van der Waals surface area contributed by atoms with Crippen molar-refractivity contribution in [3.05, 3.63) is 0 Å². The first-order chi connectivity index (χ1) is 6.35. The van der Waals surface area contributed by atoms with Crippen LogP contribution in [0.3, 0.4) is 0 Å². The average molecular weight is 199 g/mol. The summed E-state index contributed by atoms with van der Waals surface area (Å²) in [5.74, 6) is 0.772. The van der Waals surface area contributed by atoms with E-state index in [0.29, 0.717) is 12.3 Å². The molecule has 1 atom stereocenters. The molecule has 0 aliphatic rings. The Morgan fingerprint density at radius 2 is 1.77 bits per heavy atom. The van der Waals surface area contributed by atoms with Crippen molar-refractivity contribution in [2.75, 3.05) is 5.88 Å². The van der Waals surface area contributed by atoms with Crippen molar-refractivity contribution >= 4 is 11.6 Å². The summed E-state index contributed by atoms with van der Waals surface area (Å²) in [5, 5.41) is 17.0. The summed E-state index contributed by atoms with van der Waals surface area (Å²) in [6.45, 7) is 0. The van der Waals surface area contributed by atoms with Crippen LogP contribution in [0.4, 0.5) is 0 Å². The van der Waals surface area contributed by atoms with Gasteiger partial charge in [0.15, 0.2) is 0 Å². The lowest BCUT2D eigenvalue weighted by Gasteiger charge is -2.05. The van der Waals surface area contributed by atoms with Gasteiger partial charge in [-0.25, -0.2) is 0 Å². The third-order valence-electron chi connectivity index (χ3n) is 1.96. The number of alkyl halides is 1. The number of hydrogen-bond donors (Lipinski definition) is 0. The predicted octanol–water partition coefficient (Wildman–Crippen LogP) is 3.23. The van der Waals surface area contributed by atoms with Crippen molar-refractivity contribution in [1.29, 1.82) is 10.5 Å². The highest BCUT2D eigenvalue weighted by molar-refractivity contribution is 6.17. The maximum atomic E-state index is 8.75. The van der Waals surface area contributed by atoms with Crippen LogP contribution < -0.4 is 0 Å². The van der Waals surface area contributed by atoms with Crippen LogP contribution in [0.1, 0.15) is 38.5 Å². The molecule has 0 aromatic carbocycles. The van der Waals surface area contributed by atoms with E-state index in [9.17, 15) is 0 Å². The highest BCUT2D eigenvalue weighted by Gasteiger charge is 2.05. The number of rotatable bonds is 7. The standard InChI is InChI=1S/C10H15ClN2/c11-7-4-6-10(9-13)5-2-1-3-8-12/h10H,1-7H2. The summed E-state index contributed by atoms with van der Waals surface area (Å²) < 4.78 is 0. The SMILES string of the molecule is N#CCCCCC(C#N)CCCCl. The summed E-state index contributed by atoms with van der Waals surface area (Å²) in [6.07, 6.45) is 5.22. The first-order valence-electron chi connectivity index (χ1n) is 4.67. The van der Waals surface area contributed by atoms with Gasteiger partial charge in [0.1, 0.15) is 0 Å². The second kappa shape index (κ2) is 9.36. The summed E-state index contributed by atoms with van der Waals surface area (Å²) >= 11 is 5.53. The second-order valence-electron chi connectivity index (χ2n) is 3.06. The molecule has 0 aliphatic carbocycles. The lowest BCUT2D eigenvalue weighted by atomic mass is 9.98. The van der Waals surface area contributed by atoms with Crippen LogP contribution in [0, 0.1) is 28.6 Å². The molecule has 72 valence electrons. The minimum absolute atomic E-state index is 0.137. The van der Waals surface area contributed by atoms with Crippen LogP contribution in [-0.4, -0.2) is 5.88 Å². The normalized spacial score (nSPS) is 11.6. The zero-order valence-electron chi connectivity index (χ0n) is 7.80. The summed E-state index contributed by atoms with van der Waals surface area (Å²) in [4.78, 5) is 0. The Balaban J connectivity index is 3.39. The van der Waals surface area contributed by atoms with E-state index in [1.807, 2.05) is 0 Å². The Morgan fingerprint density at radius 3 is 2.31 bits per heavy atom. The molecule has 3 heteroatoms. The van der Waals surface area contributed by atoms with Gasteiger partial charge in [-0.2, -0.15) is 10.5 Å². The molecule has 0 heterocycles. The second-order valence-corrected chi connectivity index (χ2v) is 3.44. The molecule has 0 amide bonds. The third kappa shape index (κ3) is 7.62. The zero-order valence-corrected chi connectivity index (χ0v) is 8.56. The van der Waals surface area contributed by atoms with Crippen molar-refractivity contribution in [1.82, 2.24) is 0 Å². The molecule has 0 rings (SSSR count). The van der Waals surface area contributed by atoms with Crippen LogP contribution in [0.2, 0.25) is 0 Å². The largest absolute Gasteiger partial charge is 0.198 e. The lowest BCUT2D eigenvalue weighted by molar-refractivity contribution is 0.517. The number of unbranched alkanes of at least 4 members (excludes halogenated alkanes) is 2. The predicted molar refractivity (Wildman–Crippen MR) is 53.1 cm³/mol. The fourth-order valence-electron chi connectivity index (χ4n) is 1.19. The van der Waals surface area contributed by atoms with E-state index in [4.69, 9.17) is 22.1 Å². The first-order valence-corrected chi connectivity index (χ1v) is 5.21. The fraction of sp³-hybridized carbons (Fsp3) is 0.800. The number of nitriles is 2. The lowest BCUT2D eigenvalue weighted by Crippen LogP contribution is -1.97. The van der Waals surface area contributed by atoms with Gasteiger partial charge in [0.2, 0.25) is 0 Å². The van der Waals surface area contributed by atoms with Gasteiger partial charge in [0.05, 0.1) is 12.1 Å². The highest BCUT2D eigenvalue weighted by Crippen LogP contribution is 2.14. The molecule has 0 aliphatic heterocycles. The topological polar surface area (TPSA) is 47.6 Å². The summed E-state index contributed by atoms with van der Waals surface area (Å²) in [6, 6.07) is 4.37. The Labute approximate surface area is 85.1 Å². The molecule has 0 fully saturated rings. The van der Waals surface area contributed by atoms with E-state index < -0.39 is 0 Å². The van der Waals surface area contributed by atoms with E-state index in [1.54, 1.807) is 0 Å². The van der Waals surface area contributed by atoms with Gasteiger partial charge >= 0.3 is 0 Å². The quantitative estimate of drug-likeness (QED) is 0.466. The molecule has 0 aromatic heterocycles. The van der Waals surface area contributed by atoms with E-state index in [1.165, 1.54) is 0 Å². The summed E-state index contributed by atoms with van der Waals surface area (Å²) in [7, 11) is 0. The van der Waals surface area contributed by atoms with Crippen molar-refractivity contribution in [3.8, 4) is 12.1 Å². The molecule has 0 spiro atoms. The maximum Gasteiger partial charge on any atom is 0.0655 e. The van der Waals surface area contributed by atoms with Crippen molar-refractivity contribution in [2.45, 2.75) is 38.5 Å². The fourth-order valence-corrected chi connectivity index (χ4v) is 1.35. The minimum Gasteiger partial charge on any atom is -0.198 e. The first kappa shape index (κ1) is 12.3. The van der Waals surface area contributed by atoms with Gasteiger partial charge in [-0.05, 0) is 25.7 Å². The molecule has 0 bridgehead atoms. The van der Waals surface area contributed by atoms with Crippen LogP contribution in [0.15, 0.2) is 0 Å². The minimum atomic E-state index is 0.137. The van der Waals surface area contributed by atoms with Gasteiger partial charge in [0, 0.05) is 18.2 Å². The van der Waals surface area contributed by atoms with E-state index >= 15 is 0 Å². The van der Waals surface area contributed by atoms with Crippen LogP contribution in [0.25, 0.3) is 0 Å². The highest BCUT2D eigenvalue weighted by atomic mass is 35.5. The molecule has 0 saturated heterocycles. The van der Waals surface area contributed by atoms with E-state index in [0.717, 1.165) is 32.1 Å². The Bertz CT molecular complexity index is 190. The van der Waals surface area contributed by atoms with Crippen molar-refractivity contribution in [3.63, 3.8) is 0 Å². The van der Waals surface area contributed by atoms with Crippen molar-refractivity contribution in [2.24, 2.45) is 5.92 Å². The average Bonchev–Trinajstić information content (AvgIpc) is 2.17. The van der Waals surface area contributed by atoms with Crippen molar-refractivity contribution < 1.29 is 0 Å². The van der Waals surface area contributed by atoms with Gasteiger partial charge in [-0.15, -0.1) is 11.6 Å². The molecule has 1 unspecified atom stereocenters. The summed E-state index contributed by atoms with van der Waals surface area (Å²) in [5.41, 5.74) is 0. The molecule has 2 nitrogen and oxygen atoms in total. The monoisotopic (exact) mass is 198 g/mol. The Kier molecular flexibility index (Phi) is 8.83. The van der Waals surface area contributed by atoms with Gasteiger partial charge in [-0.3, -0.25) is 0 Å². The van der Waals surface area contributed by atoms with E-state index in [-0.39, 0.29) is 5.92 Å². The van der Waals surface area contributed by atoms with Crippen LogP contribution >= 0.6 is 11.6 Å². The molecule has 13 heavy (non-hydrogen) atoms. The third-order valence-corrected chi connectivity index (χ3v) is 2.23. The number of hydrogen-bond acceptors (Lipinski definition) is 2. The smallest absolute Gasteiger partial charge is 0.0655 e. The van der Waals surface area contributed by atoms with E-state index in [2.05, 4.69) is 12.1 Å². The Morgan fingerprint density at radius 1 is 1.08 bits per heavy atom. The molecular formula is C10H15ClN2. The maximum absolute atomic E-state index is 8.75. The molecular weight excluding hydrogens is 184 g/mol. The molecule has 0 radical (unpaired) electrons. The molecule has 0 N–H and O–H groups in total. The van der Waals surface area contributed by atoms with Crippen LogP contribution in [0.5, 0.6) is 0 Å². The zero-order chi connectivity index (χ0) is 9.94. The van der Waals surface area contributed by atoms with Gasteiger partial charge < -0.3 is 0 Å². The van der Waals surface area contributed by atoms with Gasteiger partial charge in [0.25, 0.3) is 0 Å².